The van der Waals surface area contributed by atoms with Crippen molar-refractivity contribution in [2.75, 3.05) is 19.6 Å². The van der Waals surface area contributed by atoms with Crippen LogP contribution in [-0.4, -0.2) is 30.7 Å². The van der Waals surface area contributed by atoms with E-state index in [4.69, 9.17) is 5.73 Å². The van der Waals surface area contributed by atoms with E-state index in [1.54, 1.807) is 6.92 Å². The van der Waals surface area contributed by atoms with Crippen LogP contribution in [-0.2, 0) is 0 Å². The molecule has 1 rings (SSSR count). The molecule has 0 fully saturated rings. The Morgan fingerprint density at radius 2 is 1.70 bits per heavy atom. The summed E-state index contributed by atoms with van der Waals surface area (Å²) in [5, 5.41) is 0. The Balaban J connectivity index is 2.59. The Morgan fingerprint density at radius 3 is 2.15 bits per heavy atom. The molecule has 1 unspecified atom stereocenters. The van der Waals surface area contributed by atoms with E-state index < -0.39 is 30.4 Å². The molecule has 20 heavy (non-hydrogen) atoms. The number of alkyl halides is 3. The van der Waals surface area contributed by atoms with Crippen LogP contribution in [0, 0.1) is 11.6 Å². The van der Waals surface area contributed by atoms with E-state index in [-0.39, 0.29) is 25.1 Å². The van der Waals surface area contributed by atoms with Gasteiger partial charge in [0.05, 0.1) is 6.54 Å². The first-order valence-electron chi connectivity index (χ1n) is 6.22. The number of rotatable bonds is 6. The monoisotopic (exact) mass is 296 g/mol. The SMILES string of the molecule is CCN(CCC(N)c1cc(F)cc(F)c1)CC(F)(F)F. The van der Waals surface area contributed by atoms with E-state index in [0.29, 0.717) is 0 Å². The van der Waals surface area contributed by atoms with Crippen molar-refractivity contribution >= 4 is 0 Å². The highest BCUT2D eigenvalue weighted by Crippen LogP contribution is 2.20. The van der Waals surface area contributed by atoms with Gasteiger partial charge in [-0.1, -0.05) is 6.92 Å². The molecule has 0 aliphatic rings. The zero-order valence-electron chi connectivity index (χ0n) is 11.1. The van der Waals surface area contributed by atoms with Crippen molar-refractivity contribution < 1.29 is 22.0 Å². The molecule has 0 radical (unpaired) electrons. The van der Waals surface area contributed by atoms with Crippen LogP contribution in [0.1, 0.15) is 24.9 Å². The molecule has 0 aliphatic heterocycles. The highest BCUT2D eigenvalue weighted by atomic mass is 19.4. The normalized spacial score (nSPS) is 13.8. The molecule has 114 valence electrons. The van der Waals surface area contributed by atoms with Gasteiger partial charge in [-0.2, -0.15) is 13.2 Å². The van der Waals surface area contributed by atoms with Crippen molar-refractivity contribution in [1.29, 1.82) is 0 Å². The molecule has 0 aromatic heterocycles. The summed E-state index contributed by atoms with van der Waals surface area (Å²) < 4.78 is 62.9. The Hall–Kier alpha value is -1.21. The van der Waals surface area contributed by atoms with Crippen molar-refractivity contribution in [1.82, 2.24) is 4.90 Å². The minimum Gasteiger partial charge on any atom is -0.324 e. The van der Waals surface area contributed by atoms with Crippen LogP contribution >= 0.6 is 0 Å². The topological polar surface area (TPSA) is 29.3 Å². The largest absolute Gasteiger partial charge is 0.401 e. The first kappa shape index (κ1) is 16.8. The van der Waals surface area contributed by atoms with E-state index in [1.807, 2.05) is 0 Å². The molecule has 7 heteroatoms. The summed E-state index contributed by atoms with van der Waals surface area (Å²) in [7, 11) is 0. The van der Waals surface area contributed by atoms with Gasteiger partial charge in [-0.3, -0.25) is 4.90 Å². The molecule has 0 bridgehead atoms. The molecule has 1 aromatic rings. The molecule has 1 aromatic carbocycles. The van der Waals surface area contributed by atoms with Crippen molar-refractivity contribution in [3.63, 3.8) is 0 Å². The third kappa shape index (κ3) is 5.83. The lowest BCUT2D eigenvalue weighted by molar-refractivity contribution is -0.145. The third-order valence-electron chi connectivity index (χ3n) is 2.92. The van der Waals surface area contributed by atoms with Crippen molar-refractivity contribution in [2.45, 2.75) is 25.6 Å². The Bertz CT molecular complexity index is 413. The number of benzene rings is 1. The standard InChI is InChI=1S/C13H17F5N2/c1-2-20(8-13(16,17)18)4-3-12(19)9-5-10(14)7-11(15)6-9/h5-7,12H,2-4,8,19H2,1H3. The van der Waals surface area contributed by atoms with E-state index in [0.717, 1.165) is 18.2 Å². The average molecular weight is 296 g/mol. The summed E-state index contributed by atoms with van der Waals surface area (Å²) in [5.74, 6) is -1.50. The minimum absolute atomic E-state index is 0.106. The summed E-state index contributed by atoms with van der Waals surface area (Å²) in [4.78, 5) is 1.19. The molecule has 0 saturated carbocycles. The number of hydrogen-bond acceptors (Lipinski definition) is 2. The third-order valence-corrected chi connectivity index (χ3v) is 2.92. The van der Waals surface area contributed by atoms with Gasteiger partial charge < -0.3 is 5.73 Å². The van der Waals surface area contributed by atoms with Crippen LogP contribution in [0.2, 0.25) is 0 Å². The summed E-state index contributed by atoms with van der Waals surface area (Å²) in [6, 6.07) is 2.20. The van der Waals surface area contributed by atoms with E-state index in [2.05, 4.69) is 0 Å². The van der Waals surface area contributed by atoms with Gasteiger partial charge in [0.1, 0.15) is 11.6 Å². The van der Waals surface area contributed by atoms with Gasteiger partial charge in [-0.15, -0.1) is 0 Å². The number of hydrogen-bond donors (Lipinski definition) is 1. The van der Waals surface area contributed by atoms with Gasteiger partial charge in [0.2, 0.25) is 0 Å². The highest BCUT2D eigenvalue weighted by molar-refractivity contribution is 5.21. The maximum absolute atomic E-state index is 13.0. The first-order valence-corrected chi connectivity index (χ1v) is 6.22. The van der Waals surface area contributed by atoms with Crippen LogP contribution in [0.5, 0.6) is 0 Å². The summed E-state index contributed by atoms with van der Waals surface area (Å²) in [6.45, 7) is 0.923. The van der Waals surface area contributed by atoms with Gasteiger partial charge in [-0.05, 0) is 30.7 Å². The quantitative estimate of drug-likeness (QED) is 0.817. The second-order valence-electron chi connectivity index (χ2n) is 4.58. The molecule has 0 amide bonds. The smallest absolute Gasteiger partial charge is 0.324 e. The fourth-order valence-electron chi connectivity index (χ4n) is 1.88. The van der Waals surface area contributed by atoms with E-state index >= 15 is 0 Å². The van der Waals surface area contributed by atoms with Crippen molar-refractivity contribution in [2.24, 2.45) is 5.73 Å². The van der Waals surface area contributed by atoms with Gasteiger partial charge in [0.15, 0.2) is 0 Å². The fraction of sp³-hybridized carbons (Fsp3) is 0.538. The second-order valence-corrected chi connectivity index (χ2v) is 4.58. The molecule has 0 saturated heterocycles. The lowest BCUT2D eigenvalue weighted by Crippen LogP contribution is -2.35. The second kappa shape index (κ2) is 6.99. The Labute approximate surface area is 114 Å². The van der Waals surface area contributed by atoms with Gasteiger partial charge in [0, 0.05) is 18.7 Å². The van der Waals surface area contributed by atoms with Crippen LogP contribution in [0.4, 0.5) is 22.0 Å². The molecule has 0 spiro atoms. The maximum Gasteiger partial charge on any atom is 0.401 e. The predicted molar refractivity (Wildman–Crippen MR) is 66.1 cm³/mol. The molecular formula is C13H17F5N2. The lowest BCUT2D eigenvalue weighted by atomic mass is 10.0. The van der Waals surface area contributed by atoms with Crippen molar-refractivity contribution in [3.05, 3.63) is 35.4 Å². The zero-order valence-corrected chi connectivity index (χ0v) is 11.1. The maximum atomic E-state index is 13.0. The molecule has 0 aliphatic carbocycles. The minimum atomic E-state index is -4.27. The van der Waals surface area contributed by atoms with Crippen LogP contribution in [0.3, 0.4) is 0 Å². The summed E-state index contributed by atoms with van der Waals surface area (Å²) in [6.07, 6.45) is -4.09. The van der Waals surface area contributed by atoms with Gasteiger partial charge >= 0.3 is 6.18 Å². The summed E-state index contributed by atoms with van der Waals surface area (Å²) >= 11 is 0. The van der Waals surface area contributed by atoms with Crippen LogP contribution in [0.25, 0.3) is 0 Å². The molecule has 2 N–H and O–H groups in total. The highest BCUT2D eigenvalue weighted by Gasteiger charge is 2.30. The number of nitrogens with two attached hydrogens (primary N) is 1. The molecule has 1 atom stereocenters. The molecule has 2 nitrogen and oxygen atoms in total. The summed E-state index contributed by atoms with van der Waals surface area (Å²) in [5.41, 5.74) is 6.00. The first-order chi connectivity index (χ1) is 9.21. The van der Waals surface area contributed by atoms with Gasteiger partial charge in [-0.25, -0.2) is 8.78 Å². The fourth-order valence-corrected chi connectivity index (χ4v) is 1.88. The number of halogens is 5. The lowest BCUT2D eigenvalue weighted by Gasteiger charge is -2.23. The van der Waals surface area contributed by atoms with E-state index in [1.165, 1.54) is 4.90 Å². The van der Waals surface area contributed by atoms with Crippen LogP contribution in [0.15, 0.2) is 18.2 Å². The van der Waals surface area contributed by atoms with E-state index in [9.17, 15) is 22.0 Å². The Kier molecular flexibility index (Phi) is 5.88. The number of nitrogens with zero attached hydrogens (tertiary/aromatic N) is 1. The average Bonchev–Trinajstić information content (AvgIpc) is 2.31. The Morgan fingerprint density at radius 1 is 1.15 bits per heavy atom. The zero-order chi connectivity index (χ0) is 15.3. The van der Waals surface area contributed by atoms with Crippen molar-refractivity contribution in [3.8, 4) is 0 Å². The van der Waals surface area contributed by atoms with Crippen LogP contribution < -0.4 is 5.73 Å². The van der Waals surface area contributed by atoms with Gasteiger partial charge in [0.25, 0.3) is 0 Å². The molecular weight excluding hydrogens is 279 g/mol. The predicted octanol–water partition coefficient (Wildman–Crippen LogP) is 3.24. The molecule has 0 heterocycles.